The van der Waals surface area contributed by atoms with Crippen LogP contribution in [-0.4, -0.2) is 4.57 Å². The van der Waals surface area contributed by atoms with Crippen LogP contribution >= 0.6 is 0 Å². The van der Waals surface area contributed by atoms with Crippen molar-refractivity contribution < 1.29 is 0 Å². The third kappa shape index (κ3) is 5.84. The molecule has 0 N–H and O–H groups in total. The first kappa shape index (κ1) is 34.2. The molecule has 0 aliphatic heterocycles. The van der Waals surface area contributed by atoms with E-state index in [-0.39, 0.29) is 11.5 Å². The van der Waals surface area contributed by atoms with Crippen LogP contribution in [0.15, 0.2) is 195 Å². The van der Waals surface area contributed by atoms with E-state index in [1.165, 1.54) is 44.1 Å². The molecule has 1 unspecified atom stereocenters. The Morgan fingerprint density at radius 3 is 1.51 bits per heavy atom. The lowest BCUT2D eigenvalue weighted by Crippen LogP contribution is -2.16. The number of hydrogen-bond donors (Lipinski definition) is 0. The Balaban J connectivity index is 1.26. The van der Waals surface area contributed by atoms with E-state index in [0.717, 1.165) is 40.5 Å². The van der Waals surface area contributed by atoms with Gasteiger partial charge in [-0.2, -0.15) is 0 Å². The standard InChI is InChI=1S/C52H45N3/c1-5-7-20-37(6-2)55-50-32-30-42(53(38-21-12-8-13-22-38)39-23-14-9-15-24-39)33-46(50)47-35-49-45(36-51(47)55)44-31-29-43(34-48(44)52(49,3)4)54(40-25-16-10-17-26-40)41-27-18-11-19-28-41/h5,7-37H,1,6H2,2-4H3/b20-7-. The van der Waals surface area contributed by atoms with Crippen molar-refractivity contribution in [2.24, 2.45) is 0 Å². The monoisotopic (exact) mass is 711 g/mol. The molecule has 1 aliphatic rings. The van der Waals surface area contributed by atoms with Gasteiger partial charge in [-0.15, -0.1) is 0 Å². The molecule has 7 aromatic carbocycles. The molecule has 8 aromatic rings. The molecule has 1 heterocycles. The number of nitrogens with zero attached hydrogens (tertiary/aromatic N) is 3. The molecule has 0 radical (unpaired) electrons. The van der Waals surface area contributed by atoms with Crippen molar-refractivity contribution >= 4 is 55.9 Å². The van der Waals surface area contributed by atoms with Crippen LogP contribution in [-0.2, 0) is 5.41 Å². The van der Waals surface area contributed by atoms with Crippen LogP contribution in [0.25, 0.3) is 32.9 Å². The van der Waals surface area contributed by atoms with Crippen molar-refractivity contribution in [1.82, 2.24) is 4.57 Å². The molecule has 3 heteroatoms. The molecule has 0 saturated carbocycles. The highest BCUT2D eigenvalue weighted by molar-refractivity contribution is 6.12. The smallest absolute Gasteiger partial charge is 0.0523 e. The predicted molar refractivity (Wildman–Crippen MR) is 235 cm³/mol. The number of rotatable bonds is 10. The molecular formula is C52H45N3. The zero-order chi connectivity index (χ0) is 37.5. The Bertz CT molecular complexity index is 2590. The van der Waals surface area contributed by atoms with Gasteiger partial charge in [0.1, 0.15) is 0 Å². The molecule has 55 heavy (non-hydrogen) atoms. The molecule has 0 fully saturated rings. The number of para-hydroxylation sites is 4. The maximum absolute atomic E-state index is 4.00. The average molecular weight is 712 g/mol. The Hall–Kier alpha value is -6.58. The summed E-state index contributed by atoms with van der Waals surface area (Å²) in [6.07, 6.45) is 7.22. The molecule has 9 rings (SSSR count). The summed E-state index contributed by atoms with van der Waals surface area (Å²) in [4.78, 5) is 4.72. The molecule has 3 nitrogen and oxygen atoms in total. The van der Waals surface area contributed by atoms with Gasteiger partial charge >= 0.3 is 0 Å². The van der Waals surface area contributed by atoms with E-state index in [9.17, 15) is 0 Å². The van der Waals surface area contributed by atoms with Gasteiger partial charge in [-0.05, 0) is 120 Å². The third-order valence-electron chi connectivity index (χ3n) is 11.4. The second kappa shape index (κ2) is 14.0. The number of benzene rings is 7. The minimum Gasteiger partial charge on any atom is -0.333 e. The molecule has 0 amide bonds. The first-order valence-corrected chi connectivity index (χ1v) is 19.3. The summed E-state index contributed by atoms with van der Waals surface area (Å²) < 4.78 is 2.55. The molecule has 1 aliphatic carbocycles. The topological polar surface area (TPSA) is 11.4 Å². The maximum Gasteiger partial charge on any atom is 0.0523 e. The lowest BCUT2D eigenvalue weighted by atomic mass is 9.82. The van der Waals surface area contributed by atoms with Crippen molar-refractivity contribution in [3.63, 3.8) is 0 Å². The van der Waals surface area contributed by atoms with Crippen LogP contribution in [0.5, 0.6) is 0 Å². The number of aromatic nitrogens is 1. The largest absolute Gasteiger partial charge is 0.333 e. The summed E-state index contributed by atoms with van der Waals surface area (Å²) >= 11 is 0. The van der Waals surface area contributed by atoms with Crippen molar-refractivity contribution in [2.75, 3.05) is 9.80 Å². The lowest BCUT2D eigenvalue weighted by Gasteiger charge is -2.28. The fourth-order valence-electron chi connectivity index (χ4n) is 8.70. The van der Waals surface area contributed by atoms with E-state index in [1.54, 1.807) is 0 Å². The maximum atomic E-state index is 4.00. The fourth-order valence-corrected chi connectivity index (χ4v) is 8.70. The van der Waals surface area contributed by atoms with E-state index in [2.05, 4.69) is 224 Å². The van der Waals surface area contributed by atoms with E-state index >= 15 is 0 Å². The highest BCUT2D eigenvalue weighted by Crippen LogP contribution is 2.53. The van der Waals surface area contributed by atoms with E-state index in [4.69, 9.17) is 0 Å². The van der Waals surface area contributed by atoms with Crippen LogP contribution in [0.4, 0.5) is 34.1 Å². The van der Waals surface area contributed by atoms with Gasteiger partial charge in [-0.25, -0.2) is 0 Å². The summed E-state index contributed by atoms with van der Waals surface area (Å²) in [7, 11) is 0. The first-order valence-electron chi connectivity index (χ1n) is 19.3. The van der Waals surface area contributed by atoms with Gasteiger partial charge in [0.15, 0.2) is 0 Å². The Kier molecular flexibility index (Phi) is 8.71. The van der Waals surface area contributed by atoms with E-state index in [0.29, 0.717) is 0 Å². The molecule has 0 saturated heterocycles. The van der Waals surface area contributed by atoms with Crippen LogP contribution in [0.2, 0.25) is 0 Å². The molecule has 1 atom stereocenters. The Morgan fingerprint density at radius 2 is 1.00 bits per heavy atom. The second-order valence-electron chi connectivity index (χ2n) is 15.0. The molecule has 0 spiro atoms. The molecule has 268 valence electrons. The normalized spacial score (nSPS) is 13.5. The zero-order valence-electron chi connectivity index (χ0n) is 31.7. The van der Waals surface area contributed by atoms with Crippen molar-refractivity contribution in [3.8, 4) is 11.1 Å². The van der Waals surface area contributed by atoms with Gasteiger partial charge in [-0.3, -0.25) is 0 Å². The van der Waals surface area contributed by atoms with Gasteiger partial charge < -0.3 is 14.4 Å². The number of anilines is 6. The van der Waals surface area contributed by atoms with Gasteiger partial charge in [0.2, 0.25) is 0 Å². The molecular weight excluding hydrogens is 667 g/mol. The molecule has 0 bridgehead atoms. The summed E-state index contributed by atoms with van der Waals surface area (Å²) in [6.45, 7) is 11.1. The Labute approximate surface area is 324 Å². The highest BCUT2D eigenvalue weighted by Gasteiger charge is 2.37. The van der Waals surface area contributed by atoms with Crippen molar-refractivity contribution in [1.29, 1.82) is 0 Å². The number of fused-ring (bicyclic) bond motifs is 6. The van der Waals surface area contributed by atoms with Gasteiger partial charge in [0.25, 0.3) is 0 Å². The highest BCUT2D eigenvalue weighted by atomic mass is 15.1. The third-order valence-corrected chi connectivity index (χ3v) is 11.4. The number of hydrogen-bond acceptors (Lipinski definition) is 2. The predicted octanol–water partition coefficient (Wildman–Crippen LogP) is 14.7. The summed E-state index contributed by atoms with van der Waals surface area (Å²) in [6, 6.07) is 61.9. The van der Waals surface area contributed by atoms with E-state index < -0.39 is 0 Å². The fraction of sp³-hybridized carbons (Fsp3) is 0.115. The van der Waals surface area contributed by atoms with Crippen LogP contribution in [0, 0.1) is 0 Å². The van der Waals surface area contributed by atoms with Crippen LogP contribution in [0.3, 0.4) is 0 Å². The average Bonchev–Trinajstić information content (AvgIpc) is 3.66. The minimum atomic E-state index is -0.215. The first-order chi connectivity index (χ1) is 27.0. The van der Waals surface area contributed by atoms with Gasteiger partial charge in [0, 0.05) is 55.8 Å². The molecule has 1 aromatic heterocycles. The lowest BCUT2D eigenvalue weighted by molar-refractivity contribution is 0.622. The quantitative estimate of drug-likeness (QED) is 0.131. The number of allylic oxidation sites excluding steroid dienone is 3. The second-order valence-corrected chi connectivity index (χ2v) is 15.0. The van der Waals surface area contributed by atoms with Crippen LogP contribution in [0.1, 0.15) is 44.4 Å². The van der Waals surface area contributed by atoms with Crippen molar-refractivity contribution in [3.05, 3.63) is 206 Å². The Morgan fingerprint density at radius 1 is 0.527 bits per heavy atom. The summed E-state index contributed by atoms with van der Waals surface area (Å²) in [5, 5.41) is 2.53. The zero-order valence-corrected chi connectivity index (χ0v) is 31.7. The minimum absolute atomic E-state index is 0.169. The SMILES string of the molecule is C=C/C=C\C(CC)n1c2ccc(N(c3ccccc3)c3ccccc3)cc2c2cc3c(cc21)-c1ccc(N(c2ccccc2)c2ccccc2)cc1C3(C)C. The van der Waals surface area contributed by atoms with Gasteiger partial charge in [0.05, 0.1) is 11.6 Å². The van der Waals surface area contributed by atoms with Gasteiger partial charge in [-0.1, -0.05) is 124 Å². The van der Waals surface area contributed by atoms with E-state index in [1.807, 2.05) is 6.08 Å². The summed E-state index contributed by atoms with van der Waals surface area (Å²) in [5.41, 5.74) is 14.4. The summed E-state index contributed by atoms with van der Waals surface area (Å²) in [5.74, 6) is 0. The van der Waals surface area contributed by atoms with Crippen LogP contribution < -0.4 is 9.80 Å². The van der Waals surface area contributed by atoms with Crippen molar-refractivity contribution in [2.45, 2.75) is 38.6 Å².